The molecule has 1 aromatic heterocycles. The Morgan fingerprint density at radius 1 is 1.17 bits per heavy atom. The summed E-state index contributed by atoms with van der Waals surface area (Å²) in [5.41, 5.74) is 1.05. The summed E-state index contributed by atoms with van der Waals surface area (Å²) < 4.78 is 11.1. The van der Waals surface area contributed by atoms with E-state index in [1.807, 2.05) is 24.3 Å². The standard InChI is InChI=1S/C20H23NO3/c22-20(13-12-17-7-4-14-23-17)21-15-16-8-10-19(11-9-16)24-18-5-2-1-3-6-18/h4,7-14,18H,1-3,5-6,15H2,(H,21,22)/b13-12+. The number of rotatable bonds is 6. The van der Waals surface area contributed by atoms with E-state index in [9.17, 15) is 4.79 Å². The van der Waals surface area contributed by atoms with Crippen molar-refractivity contribution in [3.63, 3.8) is 0 Å². The first kappa shape index (κ1) is 16.4. The van der Waals surface area contributed by atoms with Crippen LogP contribution in [0, 0.1) is 0 Å². The molecule has 1 amide bonds. The third-order valence-corrected chi connectivity index (χ3v) is 4.19. The largest absolute Gasteiger partial charge is 0.490 e. The Bertz CT molecular complexity index is 653. The molecular formula is C20H23NO3. The average molecular weight is 325 g/mol. The maximum absolute atomic E-state index is 11.8. The molecule has 1 heterocycles. The van der Waals surface area contributed by atoms with Crippen LogP contribution in [0.1, 0.15) is 43.4 Å². The van der Waals surface area contributed by atoms with Crippen LogP contribution in [-0.2, 0) is 11.3 Å². The van der Waals surface area contributed by atoms with E-state index in [2.05, 4.69) is 5.32 Å². The highest BCUT2D eigenvalue weighted by atomic mass is 16.5. The zero-order valence-corrected chi connectivity index (χ0v) is 13.7. The Labute approximate surface area is 142 Å². The molecule has 1 aromatic carbocycles. The number of hydrogen-bond donors (Lipinski definition) is 1. The molecule has 1 N–H and O–H groups in total. The number of carbonyl (C=O) groups excluding carboxylic acids is 1. The van der Waals surface area contributed by atoms with Crippen LogP contribution in [0.2, 0.25) is 0 Å². The molecule has 0 radical (unpaired) electrons. The van der Waals surface area contributed by atoms with E-state index < -0.39 is 0 Å². The van der Waals surface area contributed by atoms with Crippen molar-refractivity contribution in [2.24, 2.45) is 0 Å². The molecule has 1 aliphatic carbocycles. The van der Waals surface area contributed by atoms with Gasteiger partial charge in [0.2, 0.25) is 5.91 Å². The van der Waals surface area contributed by atoms with Crippen molar-refractivity contribution in [2.75, 3.05) is 0 Å². The van der Waals surface area contributed by atoms with Gasteiger partial charge >= 0.3 is 0 Å². The smallest absolute Gasteiger partial charge is 0.244 e. The first-order chi connectivity index (χ1) is 11.8. The second-order valence-electron chi connectivity index (χ2n) is 6.09. The molecular weight excluding hydrogens is 302 g/mol. The van der Waals surface area contributed by atoms with Gasteiger partial charge in [-0.2, -0.15) is 0 Å². The summed E-state index contributed by atoms with van der Waals surface area (Å²) in [7, 11) is 0. The van der Waals surface area contributed by atoms with E-state index in [0.29, 0.717) is 18.4 Å². The van der Waals surface area contributed by atoms with Crippen molar-refractivity contribution in [1.82, 2.24) is 5.32 Å². The zero-order chi connectivity index (χ0) is 16.6. The average Bonchev–Trinajstić information content (AvgIpc) is 3.14. The van der Waals surface area contributed by atoms with E-state index in [-0.39, 0.29) is 5.91 Å². The number of benzene rings is 1. The zero-order valence-electron chi connectivity index (χ0n) is 13.7. The van der Waals surface area contributed by atoms with Crippen LogP contribution in [0.4, 0.5) is 0 Å². The van der Waals surface area contributed by atoms with E-state index in [1.54, 1.807) is 24.5 Å². The molecule has 1 fully saturated rings. The monoisotopic (exact) mass is 325 g/mol. The highest BCUT2D eigenvalue weighted by Gasteiger charge is 2.14. The van der Waals surface area contributed by atoms with E-state index in [4.69, 9.17) is 9.15 Å². The lowest BCUT2D eigenvalue weighted by molar-refractivity contribution is -0.116. The normalized spacial score (nSPS) is 15.5. The quantitative estimate of drug-likeness (QED) is 0.805. The predicted octanol–water partition coefficient (Wildman–Crippen LogP) is 4.32. The molecule has 4 nitrogen and oxygen atoms in total. The van der Waals surface area contributed by atoms with Crippen LogP contribution in [0.5, 0.6) is 5.75 Å². The van der Waals surface area contributed by atoms with Crippen LogP contribution in [-0.4, -0.2) is 12.0 Å². The Morgan fingerprint density at radius 3 is 2.67 bits per heavy atom. The molecule has 4 heteroatoms. The van der Waals surface area contributed by atoms with Gasteiger partial charge in [-0.3, -0.25) is 4.79 Å². The second-order valence-corrected chi connectivity index (χ2v) is 6.09. The Hall–Kier alpha value is -2.49. The van der Waals surface area contributed by atoms with Crippen LogP contribution >= 0.6 is 0 Å². The van der Waals surface area contributed by atoms with Gasteiger partial charge in [-0.1, -0.05) is 18.6 Å². The molecule has 0 atom stereocenters. The third kappa shape index (κ3) is 5.01. The molecule has 126 valence electrons. The van der Waals surface area contributed by atoms with Crippen molar-refractivity contribution < 1.29 is 13.9 Å². The van der Waals surface area contributed by atoms with Crippen molar-refractivity contribution in [3.05, 3.63) is 60.1 Å². The van der Waals surface area contributed by atoms with Crippen molar-refractivity contribution in [2.45, 2.75) is 44.8 Å². The molecule has 0 spiro atoms. The fourth-order valence-electron chi connectivity index (χ4n) is 2.85. The fourth-order valence-corrected chi connectivity index (χ4v) is 2.85. The maximum Gasteiger partial charge on any atom is 0.244 e. The van der Waals surface area contributed by atoms with Crippen LogP contribution in [0.25, 0.3) is 6.08 Å². The van der Waals surface area contributed by atoms with Gasteiger partial charge in [-0.15, -0.1) is 0 Å². The molecule has 24 heavy (non-hydrogen) atoms. The summed E-state index contributed by atoms with van der Waals surface area (Å²) in [5.74, 6) is 1.43. The minimum Gasteiger partial charge on any atom is -0.490 e. The van der Waals surface area contributed by atoms with E-state index in [1.165, 1.54) is 25.3 Å². The molecule has 0 bridgehead atoms. The summed E-state index contributed by atoms with van der Waals surface area (Å²) >= 11 is 0. The molecule has 1 saturated carbocycles. The number of ether oxygens (including phenoxy) is 1. The van der Waals surface area contributed by atoms with Gasteiger partial charge < -0.3 is 14.5 Å². The SMILES string of the molecule is O=C(/C=C/c1ccco1)NCc1ccc(OC2CCCCC2)cc1. The lowest BCUT2D eigenvalue weighted by Gasteiger charge is -2.23. The first-order valence-corrected chi connectivity index (χ1v) is 8.54. The van der Waals surface area contributed by atoms with Gasteiger partial charge in [-0.05, 0) is 61.6 Å². The lowest BCUT2D eigenvalue weighted by atomic mass is 9.98. The predicted molar refractivity (Wildman–Crippen MR) is 93.5 cm³/mol. The van der Waals surface area contributed by atoms with E-state index in [0.717, 1.165) is 24.2 Å². The number of amides is 1. The van der Waals surface area contributed by atoms with Gasteiger partial charge in [0.1, 0.15) is 11.5 Å². The van der Waals surface area contributed by atoms with Crippen molar-refractivity contribution >= 4 is 12.0 Å². The van der Waals surface area contributed by atoms with Gasteiger partial charge in [0, 0.05) is 12.6 Å². The lowest BCUT2D eigenvalue weighted by Crippen LogP contribution is -2.20. The highest BCUT2D eigenvalue weighted by Crippen LogP contribution is 2.23. The number of nitrogens with one attached hydrogen (secondary N) is 1. The summed E-state index contributed by atoms with van der Waals surface area (Å²) in [6.45, 7) is 0.491. The van der Waals surface area contributed by atoms with Gasteiger partial charge in [-0.25, -0.2) is 0 Å². The minimum atomic E-state index is -0.145. The van der Waals surface area contributed by atoms with Gasteiger partial charge in [0.15, 0.2) is 0 Å². The minimum absolute atomic E-state index is 0.145. The molecule has 1 aliphatic rings. The van der Waals surface area contributed by atoms with Crippen LogP contribution in [0.3, 0.4) is 0 Å². The summed E-state index contributed by atoms with van der Waals surface area (Å²) in [5, 5.41) is 2.85. The van der Waals surface area contributed by atoms with E-state index >= 15 is 0 Å². The Morgan fingerprint density at radius 2 is 1.96 bits per heavy atom. The summed E-state index contributed by atoms with van der Waals surface area (Å²) in [4.78, 5) is 11.8. The molecule has 0 saturated heterocycles. The number of carbonyl (C=O) groups is 1. The maximum atomic E-state index is 11.8. The fraction of sp³-hybridized carbons (Fsp3) is 0.350. The molecule has 0 aliphatic heterocycles. The Kier molecular flexibility index (Phi) is 5.72. The third-order valence-electron chi connectivity index (χ3n) is 4.19. The molecule has 2 aromatic rings. The van der Waals surface area contributed by atoms with Crippen molar-refractivity contribution in [1.29, 1.82) is 0 Å². The van der Waals surface area contributed by atoms with Crippen LogP contribution < -0.4 is 10.1 Å². The second kappa shape index (κ2) is 8.39. The Balaban J connectivity index is 1.44. The topological polar surface area (TPSA) is 51.5 Å². The van der Waals surface area contributed by atoms with Crippen molar-refractivity contribution in [3.8, 4) is 5.75 Å². The van der Waals surface area contributed by atoms with Gasteiger partial charge in [0.05, 0.1) is 12.4 Å². The van der Waals surface area contributed by atoms with Crippen LogP contribution in [0.15, 0.2) is 53.2 Å². The summed E-state index contributed by atoms with van der Waals surface area (Å²) in [6, 6.07) is 11.5. The van der Waals surface area contributed by atoms with Gasteiger partial charge in [0.25, 0.3) is 0 Å². The summed E-state index contributed by atoms with van der Waals surface area (Å²) in [6.07, 6.45) is 11.2. The molecule has 0 unspecified atom stereocenters. The number of furan rings is 1. The highest BCUT2D eigenvalue weighted by molar-refractivity contribution is 5.91. The molecule has 3 rings (SSSR count). The first-order valence-electron chi connectivity index (χ1n) is 8.54. The number of hydrogen-bond acceptors (Lipinski definition) is 3.